The summed E-state index contributed by atoms with van der Waals surface area (Å²) in [6.07, 6.45) is 0.917. The van der Waals surface area contributed by atoms with Gasteiger partial charge < -0.3 is 19.3 Å². The molecule has 0 saturated carbocycles. The maximum absolute atomic E-state index is 5.46. The number of nitrogens with one attached hydrogen (secondary N) is 1. The normalized spacial score (nSPS) is 13.1. The van der Waals surface area contributed by atoms with Crippen LogP contribution in [0.4, 0.5) is 0 Å². The molecule has 0 amide bonds. The molecule has 126 valence electrons. The number of methoxy groups -OCH3 is 2. The monoisotopic (exact) mass is 318 g/mol. The van der Waals surface area contributed by atoms with Crippen LogP contribution in [0, 0.1) is 0 Å². The Morgan fingerprint density at radius 2 is 2.04 bits per heavy atom. The summed E-state index contributed by atoms with van der Waals surface area (Å²) in [5, 5.41) is 7.57. The van der Waals surface area contributed by atoms with E-state index < -0.39 is 0 Å². The van der Waals surface area contributed by atoms with Crippen molar-refractivity contribution in [1.82, 2.24) is 10.5 Å². The van der Waals surface area contributed by atoms with E-state index >= 15 is 0 Å². The van der Waals surface area contributed by atoms with E-state index in [9.17, 15) is 0 Å². The quantitative estimate of drug-likeness (QED) is 0.805. The van der Waals surface area contributed by atoms with E-state index in [1.54, 1.807) is 14.2 Å². The number of aromatic nitrogens is 1. The Kier molecular flexibility index (Phi) is 5.80. The van der Waals surface area contributed by atoms with Crippen LogP contribution in [0.15, 0.2) is 34.9 Å². The molecule has 0 aliphatic heterocycles. The average Bonchev–Trinajstić information content (AvgIpc) is 3.01. The lowest BCUT2D eigenvalue weighted by molar-refractivity contribution is 0.00828. The second-order valence-electron chi connectivity index (χ2n) is 6.36. The lowest BCUT2D eigenvalue weighted by Crippen LogP contribution is -2.35. The number of hydrogen-bond donors (Lipinski definition) is 1. The van der Waals surface area contributed by atoms with E-state index in [2.05, 4.69) is 31.2 Å². The highest BCUT2D eigenvalue weighted by Crippen LogP contribution is 2.23. The van der Waals surface area contributed by atoms with Gasteiger partial charge in [-0.3, -0.25) is 0 Å². The molecule has 1 atom stereocenters. The molecule has 1 aromatic heterocycles. The summed E-state index contributed by atoms with van der Waals surface area (Å²) in [6.45, 7) is 6.94. The molecular formula is C18H26N2O3. The Labute approximate surface area is 138 Å². The van der Waals surface area contributed by atoms with Crippen LogP contribution in [-0.2, 0) is 11.3 Å². The van der Waals surface area contributed by atoms with E-state index in [1.165, 1.54) is 0 Å². The largest absolute Gasteiger partial charge is 0.497 e. The van der Waals surface area contributed by atoms with Gasteiger partial charge in [-0.1, -0.05) is 17.3 Å². The minimum Gasteiger partial charge on any atom is -0.497 e. The van der Waals surface area contributed by atoms with Crippen molar-refractivity contribution in [3.8, 4) is 17.0 Å². The topological polar surface area (TPSA) is 56.5 Å². The summed E-state index contributed by atoms with van der Waals surface area (Å²) >= 11 is 0. The first-order chi connectivity index (χ1) is 10.9. The first kappa shape index (κ1) is 17.5. The van der Waals surface area contributed by atoms with Crippen molar-refractivity contribution in [3.63, 3.8) is 0 Å². The Hall–Kier alpha value is -1.85. The van der Waals surface area contributed by atoms with Crippen LogP contribution < -0.4 is 10.1 Å². The van der Waals surface area contributed by atoms with Gasteiger partial charge in [0, 0.05) is 24.8 Å². The molecule has 2 aromatic rings. The average molecular weight is 318 g/mol. The van der Waals surface area contributed by atoms with Crippen LogP contribution in [-0.4, -0.2) is 31.0 Å². The fourth-order valence-corrected chi connectivity index (χ4v) is 2.48. The van der Waals surface area contributed by atoms with E-state index in [4.69, 9.17) is 14.0 Å². The first-order valence-electron chi connectivity index (χ1n) is 7.82. The zero-order chi connectivity index (χ0) is 16.9. The van der Waals surface area contributed by atoms with Crippen molar-refractivity contribution in [2.75, 3.05) is 14.2 Å². The molecule has 0 bridgehead atoms. The third-order valence-corrected chi connectivity index (χ3v) is 3.90. The van der Waals surface area contributed by atoms with Crippen molar-refractivity contribution in [3.05, 3.63) is 36.1 Å². The van der Waals surface area contributed by atoms with Gasteiger partial charge in [0.2, 0.25) is 0 Å². The fraction of sp³-hybridized carbons (Fsp3) is 0.500. The van der Waals surface area contributed by atoms with Gasteiger partial charge in [0.05, 0.1) is 19.3 Å². The summed E-state index contributed by atoms with van der Waals surface area (Å²) < 4.78 is 16.1. The Bertz CT molecular complexity index is 622. The maximum atomic E-state index is 5.46. The molecule has 1 N–H and O–H groups in total. The van der Waals surface area contributed by atoms with E-state index in [0.29, 0.717) is 12.6 Å². The fourth-order valence-electron chi connectivity index (χ4n) is 2.48. The predicted molar refractivity (Wildman–Crippen MR) is 90.5 cm³/mol. The SMILES string of the molecule is COc1cccc(-c2cc(CNC(C)CC(C)(C)OC)on2)c1. The van der Waals surface area contributed by atoms with Gasteiger partial charge in [0.1, 0.15) is 11.4 Å². The van der Waals surface area contributed by atoms with Gasteiger partial charge in [0.15, 0.2) is 5.76 Å². The molecule has 23 heavy (non-hydrogen) atoms. The molecule has 2 rings (SSSR count). The van der Waals surface area contributed by atoms with Crippen molar-refractivity contribution < 1.29 is 14.0 Å². The van der Waals surface area contributed by atoms with Crippen molar-refractivity contribution in [2.45, 2.75) is 45.4 Å². The molecule has 1 heterocycles. The predicted octanol–water partition coefficient (Wildman–Crippen LogP) is 3.64. The third-order valence-electron chi connectivity index (χ3n) is 3.90. The zero-order valence-corrected chi connectivity index (χ0v) is 14.6. The molecule has 0 radical (unpaired) electrons. The number of nitrogens with zero attached hydrogens (tertiary/aromatic N) is 1. The maximum Gasteiger partial charge on any atom is 0.151 e. The van der Waals surface area contributed by atoms with Gasteiger partial charge in [-0.15, -0.1) is 0 Å². The summed E-state index contributed by atoms with van der Waals surface area (Å²) in [4.78, 5) is 0. The highest BCUT2D eigenvalue weighted by molar-refractivity contribution is 5.60. The molecule has 0 spiro atoms. The van der Waals surface area contributed by atoms with Crippen LogP contribution in [0.1, 0.15) is 33.0 Å². The number of ether oxygens (including phenoxy) is 2. The van der Waals surface area contributed by atoms with E-state index in [1.807, 2.05) is 30.3 Å². The van der Waals surface area contributed by atoms with Gasteiger partial charge >= 0.3 is 0 Å². The smallest absolute Gasteiger partial charge is 0.151 e. The summed E-state index contributed by atoms with van der Waals surface area (Å²) in [5.41, 5.74) is 1.65. The number of benzene rings is 1. The van der Waals surface area contributed by atoms with Crippen molar-refractivity contribution in [1.29, 1.82) is 0 Å². The molecule has 1 unspecified atom stereocenters. The zero-order valence-electron chi connectivity index (χ0n) is 14.6. The highest BCUT2D eigenvalue weighted by atomic mass is 16.5. The van der Waals surface area contributed by atoms with Crippen LogP contribution >= 0.6 is 0 Å². The van der Waals surface area contributed by atoms with E-state index in [-0.39, 0.29) is 5.60 Å². The minimum atomic E-state index is -0.139. The molecule has 5 heteroatoms. The highest BCUT2D eigenvalue weighted by Gasteiger charge is 2.20. The lowest BCUT2D eigenvalue weighted by atomic mass is 10.00. The Morgan fingerprint density at radius 3 is 2.74 bits per heavy atom. The minimum absolute atomic E-state index is 0.139. The molecule has 0 fully saturated rings. The molecule has 1 aromatic carbocycles. The Morgan fingerprint density at radius 1 is 1.26 bits per heavy atom. The van der Waals surface area contributed by atoms with E-state index in [0.717, 1.165) is 29.2 Å². The standard InChI is InChI=1S/C18H26N2O3/c1-13(11-18(2,3)22-5)19-12-16-10-17(20-23-16)14-7-6-8-15(9-14)21-4/h6-10,13,19H,11-12H2,1-5H3. The van der Waals surface area contributed by atoms with Gasteiger partial charge in [-0.2, -0.15) is 0 Å². The van der Waals surface area contributed by atoms with Crippen LogP contribution in [0.5, 0.6) is 5.75 Å². The van der Waals surface area contributed by atoms with Crippen LogP contribution in [0.2, 0.25) is 0 Å². The molecule has 0 saturated heterocycles. The van der Waals surface area contributed by atoms with Crippen LogP contribution in [0.3, 0.4) is 0 Å². The van der Waals surface area contributed by atoms with Gasteiger partial charge in [-0.05, 0) is 39.3 Å². The molecule has 0 aliphatic carbocycles. The Balaban J connectivity index is 1.94. The van der Waals surface area contributed by atoms with Crippen molar-refractivity contribution >= 4 is 0 Å². The molecular weight excluding hydrogens is 292 g/mol. The first-order valence-corrected chi connectivity index (χ1v) is 7.82. The number of hydrogen-bond acceptors (Lipinski definition) is 5. The molecule has 5 nitrogen and oxygen atoms in total. The van der Waals surface area contributed by atoms with Gasteiger partial charge in [-0.25, -0.2) is 0 Å². The lowest BCUT2D eigenvalue weighted by Gasteiger charge is -2.26. The second kappa shape index (κ2) is 7.62. The van der Waals surface area contributed by atoms with Crippen molar-refractivity contribution in [2.24, 2.45) is 0 Å². The summed E-state index contributed by atoms with van der Waals surface area (Å²) in [6, 6.07) is 10.0. The third kappa shape index (κ3) is 5.08. The molecule has 0 aliphatic rings. The van der Waals surface area contributed by atoms with Gasteiger partial charge in [0.25, 0.3) is 0 Å². The second-order valence-corrected chi connectivity index (χ2v) is 6.36. The number of rotatable bonds is 8. The summed E-state index contributed by atoms with van der Waals surface area (Å²) in [5.74, 6) is 1.62. The van der Waals surface area contributed by atoms with Crippen LogP contribution in [0.25, 0.3) is 11.3 Å². The summed E-state index contributed by atoms with van der Waals surface area (Å²) in [7, 11) is 3.39.